The van der Waals surface area contributed by atoms with Crippen LogP contribution < -0.4 is 0 Å². The summed E-state index contributed by atoms with van der Waals surface area (Å²) >= 11 is 0. The van der Waals surface area contributed by atoms with Crippen LogP contribution in [0.5, 0.6) is 0 Å². The highest BCUT2D eigenvalue weighted by Gasteiger charge is 2.30. The van der Waals surface area contributed by atoms with Crippen molar-refractivity contribution >= 4 is 5.91 Å². The highest BCUT2D eigenvalue weighted by atomic mass is 16.2. The number of aromatic amines is 1. The van der Waals surface area contributed by atoms with Gasteiger partial charge in [-0.15, -0.1) is 0 Å². The van der Waals surface area contributed by atoms with Gasteiger partial charge in [0.1, 0.15) is 0 Å². The first-order valence-corrected chi connectivity index (χ1v) is 10.7. The molecule has 3 aromatic rings. The van der Waals surface area contributed by atoms with E-state index in [2.05, 4.69) is 46.3 Å². The molecule has 1 N–H and O–H groups in total. The maximum Gasteiger partial charge on any atom is 0.257 e. The third-order valence-corrected chi connectivity index (χ3v) is 5.92. The van der Waals surface area contributed by atoms with Crippen molar-refractivity contribution < 1.29 is 4.79 Å². The number of piperidine rings is 1. The molecular formula is C25H30N4O. The van der Waals surface area contributed by atoms with Crippen LogP contribution in [-0.4, -0.2) is 39.5 Å². The van der Waals surface area contributed by atoms with Gasteiger partial charge in [-0.25, -0.2) is 0 Å². The minimum atomic E-state index is 0.0173. The van der Waals surface area contributed by atoms with Crippen molar-refractivity contribution in [3.8, 4) is 0 Å². The lowest BCUT2D eigenvalue weighted by atomic mass is 9.95. The van der Waals surface area contributed by atoms with Crippen LogP contribution in [0.4, 0.5) is 0 Å². The Kier molecular flexibility index (Phi) is 6.29. The fraction of sp³-hybridized carbons (Fsp3) is 0.360. The molecule has 0 bridgehead atoms. The van der Waals surface area contributed by atoms with E-state index in [9.17, 15) is 4.79 Å². The van der Waals surface area contributed by atoms with Crippen molar-refractivity contribution in [1.29, 1.82) is 0 Å². The maximum absolute atomic E-state index is 13.2. The van der Waals surface area contributed by atoms with E-state index in [0.29, 0.717) is 12.1 Å². The molecule has 1 fully saturated rings. The summed E-state index contributed by atoms with van der Waals surface area (Å²) < 4.78 is 0. The molecule has 5 nitrogen and oxygen atoms in total. The summed E-state index contributed by atoms with van der Waals surface area (Å²) in [5.41, 5.74) is 5.36. The van der Waals surface area contributed by atoms with E-state index in [0.717, 1.165) is 30.8 Å². The van der Waals surface area contributed by atoms with E-state index < -0.39 is 0 Å². The third-order valence-electron chi connectivity index (χ3n) is 5.92. The lowest BCUT2D eigenvalue weighted by Crippen LogP contribution is -2.35. The van der Waals surface area contributed by atoms with Gasteiger partial charge in [-0.3, -0.25) is 14.8 Å². The Hall–Kier alpha value is -2.92. The average Bonchev–Trinajstić information content (AvgIpc) is 3.24. The first-order valence-electron chi connectivity index (χ1n) is 10.7. The molecule has 2 heterocycles. The molecule has 30 heavy (non-hydrogen) atoms. The predicted octanol–water partition coefficient (Wildman–Crippen LogP) is 4.72. The summed E-state index contributed by atoms with van der Waals surface area (Å²) in [7, 11) is 1.86. The number of rotatable bonds is 6. The molecule has 2 aromatic carbocycles. The van der Waals surface area contributed by atoms with E-state index in [1.54, 1.807) is 11.1 Å². The minimum Gasteiger partial charge on any atom is -0.337 e. The van der Waals surface area contributed by atoms with Gasteiger partial charge in [0.2, 0.25) is 0 Å². The number of hydrogen-bond donors (Lipinski definition) is 1. The zero-order valence-electron chi connectivity index (χ0n) is 17.8. The highest BCUT2D eigenvalue weighted by molar-refractivity contribution is 5.95. The number of aromatic nitrogens is 2. The van der Waals surface area contributed by atoms with Gasteiger partial charge in [0.25, 0.3) is 5.91 Å². The summed E-state index contributed by atoms with van der Waals surface area (Å²) in [4.78, 5) is 17.5. The van der Waals surface area contributed by atoms with E-state index in [1.165, 1.54) is 24.0 Å². The first kappa shape index (κ1) is 20.4. The number of carbonyl (C=O) groups is 1. The highest BCUT2D eigenvalue weighted by Crippen LogP contribution is 2.33. The Labute approximate surface area is 178 Å². The number of nitrogens with zero attached hydrogens (tertiary/aromatic N) is 3. The molecule has 1 saturated heterocycles. The summed E-state index contributed by atoms with van der Waals surface area (Å²) in [6.45, 7) is 4.64. The van der Waals surface area contributed by atoms with Crippen LogP contribution in [0.25, 0.3) is 0 Å². The molecule has 1 amide bonds. The smallest absolute Gasteiger partial charge is 0.257 e. The van der Waals surface area contributed by atoms with Gasteiger partial charge in [-0.05, 0) is 37.4 Å². The molecule has 5 heteroatoms. The van der Waals surface area contributed by atoms with Crippen molar-refractivity contribution in [3.63, 3.8) is 0 Å². The van der Waals surface area contributed by atoms with Gasteiger partial charge in [0, 0.05) is 20.1 Å². The van der Waals surface area contributed by atoms with Crippen molar-refractivity contribution in [2.75, 3.05) is 13.6 Å². The molecule has 0 saturated carbocycles. The second-order valence-electron chi connectivity index (χ2n) is 8.32. The number of H-pyrrole nitrogens is 1. The average molecular weight is 403 g/mol. The number of aryl methyl sites for hydroxylation is 1. The second kappa shape index (κ2) is 9.26. The van der Waals surface area contributed by atoms with Gasteiger partial charge in [0.05, 0.1) is 23.5 Å². The van der Waals surface area contributed by atoms with Gasteiger partial charge in [-0.2, -0.15) is 5.10 Å². The molecule has 0 radical (unpaired) electrons. The van der Waals surface area contributed by atoms with Crippen LogP contribution in [0.3, 0.4) is 0 Å². The molecule has 1 aliphatic heterocycles. The molecule has 156 valence electrons. The van der Waals surface area contributed by atoms with Crippen LogP contribution >= 0.6 is 0 Å². The number of nitrogens with one attached hydrogen (secondary N) is 1. The van der Waals surface area contributed by atoms with Crippen molar-refractivity contribution in [3.05, 3.63) is 88.7 Å². The molecule has 4 rings (SSSR count). The number of benzene rings is 2. The fourth-order valence-corrected chi connectivity index (χ4v) is 4.41. The molecule has 1 aliphatic rings. The standard InChI is InChI=1S/C25H30N4O/c1-19-9-8-12-21(15-19)18-29-14-7-6-13-23(29)24-22(16-26-27-24)25(30)28(2)17-20-10-4-3-5-11-20/h3-5,8-12,15-16,23H,6-7,13-14,17-18H2,1-2H3,(H,26,27). The summed E-state index contributed by atoms with van der Waals surface area (Å²) in [5.74, 6) is 0.0173. The number of hydrogen-bond acceptors (Lipinski definition) is 3. The van der Waals surface area contributed by atoms with E-state index in [-0.39, 0.29) is 11.9 Å². The van der Waals surface area contributed by atoms with E-state index in [4.69, 9.17) is 0 Å². The molecule has 1 aromatic heterocycles. The first-order chi connectivity index (χ1) is 14.6. The van der Waals surface area contributed by atoms with Gasteiger partial charge < -0.3 is 4.90 Å². The lowest BCUT2D eigenvalue weighted by Gasteiger charge is -2.35. The summed E-state index contributed by atoms with van der Waals surface area (Å²) in [6.07, 6.45) is 5.09. The maximum atomic E-state index is 13.2. The largest absolute Gasteiger partial charge is 0.337 e. The van der Waals surface area contributed by atoms with Crippen LogP contribution in [-0.2, 0) is 13.1 Å². The van der Waals surface area contributed by atoms with E-state index >= 15 is 0 Å². The van der Waals surface area contributed by atoms with Crippen LogP contribution in [0.2, 0.25) is 0 Å². The van der Waals surface area contributed by atoms with Gasteiger partial charge in [0.15, 0.2) is 0 Å². The second-order valence-corrected chi connectivity index (χ2v) is 8.32. The molecule has 1 unspecified atom stereocenters. The zero-order chi connectivity index (χ0) is 20.9. The van der Waals surface area contributed by atoms with E-state index in [1.807, 2.05) is 37.4 Å². The van der Waals surface area contributed by atoms with Crippen LogP contribution in [0.15, 0.2) is 60.8 Å². The molecular weight excluding hydrogens is 372 g/mol. The summed E-state index contributed by atoms with van der Waals surface area (Å²) in [5, 5.41) is 7.43. The Morgan fingerprint density at radius 2 is 1.93 bits per heavy atom. The lowest BCUT2D eigenvalue weighted by molar-refractivity contribution is 0.0776. The van der Waals surface area contributed by atoms with Crippen LogP contribution in [0, 0.1) is 6.92 Å². The normalized spacial score (nSPS) is 17.1. The van der Waals surface area contributed by atoms with Gasteiger partial charge in [-0.1, -0.05) is 66.6 Å². The van der Waals surface area contributed by atoms with Crippen LogP contribution in [0.1, 0.15) is 58.0 Å². The molecule has 1 atom stereocenters. The Morgan fingerprint density at radius 3 is 2.73 bits per heavy atom. The monoisotopic (exact) mass is 402 g/mol. The van der Waals surface area contributed by atoms with Crippen molar-refractivity contribution in [2.24, 2.45) is 0 Å². The minimum absolute atomic E-state index is 0.0173. The number of carbonyl (C=O) groups excluding carboxylic acids is 1. The molecule has 0 spiro atoms. The quantitative estimate of drug-likeness (QED) is 0.649. The number of amides is 1. The van der Waals surface area contributed by atoms with Gasteiger partial charge >= 0.3 is 0 Å². The molecule has 0 aliphatic carbocycles. The Balaban J connectivity index is 1.53. The number of likely N-dealkylation sites (tertiary alicyclic amines) is 1. The SMILES string of the molecule is Cc1cccc(CN2CCCCC2c2[nH]ncc2C(=O)N(C)Cc2ccccc2)c1. The fourth-order valence-electron chi connectivity index (χ4n) is 4.41. The zero-order valence-corrected chi connectivity index (χ0v) is 17.8. The van der Waals surface area contributed by atoms with Crippen molar-refractivity contribution in [1.82, 2.24) is 20.0 Å². The Bertz CT molecular complexity index is 982. The topological polar surface area (TPSA) is 52.2 Å². The third kappa shape index (κ3) is 4.62. The predicted molar refractivity (Wildman–Crippen MR) is 119 cm³/mol. The van der Waals surface area contributed by atoms with Crippen molar-refractivity contribution in [2.45, 2.75) is 45.3 Å². The summed E-state index contributed by atoms with van der Waals surface area (Å²) in [6, 6.07) is 19.0. The Morgan fingerprint density at radius 1 is 1.13 bits per heavy atom.